The minimum atomic E-state index is -0.403. The SMILES string of the molecule is CC(C)CC(=O)OC1N(C)C(=O)N(C)CC12CCCC2. The number of ether oxygens (including phenoxy) is 1. The summed E-state index contributed by atoms with van der Waals surface area (Å²) in [7, 11) is 3.57. The second-order valence-corrected chi connectivity index (χ2v) is 6.76. The zero-order chi connectivity index (χ0) is 14.9. The maximum absolute atomic E-state index is 12.1. The fourth-order valence-corrected chi connectivity index (χ4v) is 3.59. The van der Waals surface area contributed by atoms with E-state index in [1.807, 2.05) is 20.9 Å². The molecule has 1 saturated heterocycles. The monoisotopic (exact) mass is 282 g/mol. The number of hydrogen-bond acceptors (Lipinski definition) is 3. The van der Waals surface area contributed by atoms with Crippen LogP contribution in [-0.4, -0.2) is 48.7 Å². The summed E-state index contributed by atoms with van der Waals surface area (Å²) in [5.41, 5.74) is -0.0793. The molecular weight excluding hydrogens is 256 g/mol. The highest BCUT2D eigenvalue weighted by molar-refractivity contribution is 5.76. The Balaban J connectivity index is 2.16. The summed E-state index contributed by atoms with van der Waals surface area (Å²) >= 11 is 0. The van der Waals surface area contributed by atoms with Crippen LogP contribution in [-0.2, 0) is 9.53 Å². The van der Waals surface area contributed by atoms with Gasteiger partial charge in [0.15, 0.2) is 6.23 Å². The lowest BCUT2D eigenvalue weighted by atomic mass is 9.81. The highest BCUT2D eigenvalue weighted by Crippen LogP contribution is 2.46. The molecule has 1 atom stereocenters. The van der Waals surface area contributed by atoms with Gasteiger partial charge in [0.05, 0.1) is 0 Å². The first kappa shape index (κ1) is 15.1. The van der Waals surface area contributed by atoms with Crippen molar-refractivity contribution >= 4 is 12.0 Å². The van der Waals surface area contributed by atoms with Gasteiger partial charge in [0, 0.05) is 32.5 Å². The van der Waals surface area contributed by atoms with Crippen molar-refractivity contribution in [1.82, 2.24) is 9.80 Å². The van der Waals surface area contributed by atoms with E-state index in [2.05, 4.69) is 0 Å². The Hall–Kier alpha value is -1.26. The maximum Gasteiger partial charge on any atom is 0.322 e. The van der Waals surface area contributed by atoms with E-state index in [0.717, 1.165) is 25.7 Å². The van der Waals surface area contributed by atoms with Gasteiger partial charge in [-0.25, -0.2) is 4.79 Å². The Kier molecular flexibility index (Phi) is 4.25. The molecule has 1 unspecified atom stereocenters. The molecule has 0 bridgehead atoms. The molecule has 0 aromatic rings. The van der Waals surface area contributed by atoms with Gasteiger partial charge in [-0.3, -0.25) is 9.69 Å². The second-order valence-electron chi connectivity index (χ2n) is 6.76. The molecule has 20 heavy (non-hydrogen) atoms. The largest absolute Gasteiger partial charge is 0.441 e. The zero-order valence-electron chi connectivity index (χ0n) is 13.0. The smallest absolute Gasteiger partial charge is 0.322 e. The van der Waals surface area contributed by atoms with Crippen LogP contribution in [0.2, 0.25) is 0 Å². The fourth-order valence-electron chi connectivity index (χ4n) is 3.59. The van der Waals surface area contributed by atoms with Gasteiger partial charge >= 0.3 is 12.0 Å². The average Bonchev–Trinajstić information content (AvgIpc) is 2.81. The Morgan fingerprint density at radius 3 is 2.50 bits per heavy atom. The van der Waals surface area contributed by atoms with E-state index in [-0.39, 0.29) is 23.3 Å². The van der Waals surface area contributed by atoms with Crippen LogP contribution in [0.25, 0.3) is 0 Å². The van der Waals surface area contributed by atoms with Crippen molar-refractivity contribution in [2.24, 2.45) is 11.3 Å². The normalized spacial score (nSPS) is 25.6. The molecule has 1 aliphatic heterocycles. The number of hydrogen-bond donors (Lipinski definition) is 0. The second kappa shape index (κ2) is 5.62. The van der Waals surface area contributed by atoms with Crippen LogP contribution < -0.4 is 0 Å². The first-order valence-corrected chi connectivity index (χ1v) is 7.53. The van der Waals surface area contributed by atoms with Crippen molar-refractivity contribution in [1.29, 1.82) is 0 Å². The minimum absolute atomic E-state index is 0.0649. The number of carbonyl (C=O) groups excluding carboxylic acids is 2. The molecule has 114 valence electrons. The maximum atomic E-state index is 12.1. The quantitative estimate of drug-likeness (QED) is 0.747. The van der Waals surface area contributed by atoms with E-state index >= 15 is 0 Å². The topological polar surface area (TPSA) is 49.9 Å². The zero-order valence-corrected chi connectivity index (χ0v) is 13.0. The minimum Gasteiger partial charge on any atom is -0.441 e. The summed E-state index contributed by atoms with van der Waals surface area (Å²) in [5.74, 6) is 0.0785. The first-order valence-electron chi connectivity index (χ1n) is 7.53. The lowest BCUT2D eigenvalue weighted by molar-refractivity contribution is -0.176. The van der Waals surface area contributed by atoms with Crippen molar-refractivity contribution in [3.63, 3.8) is 0 Å². The number of carbonyl (C=O) groups is 2. The molecule has 5 nitrogen and oxygen atoms in total. The van der Waals surface area contributed by atoms with Gasteiger partial charge < -0.3 is 9.64 Å². The number of urea groups is 1. The van der Waals surface area contributed by atoms with Crippen LogP contribution in [0, 0.1) is 11.3 Å². The Morgan fingerprint density at radius 2 is 1.95 bits per heavy atom. The highest BCUT2D eigenvalue weighted by Gasteiger charge is 2.52. The molecule has 1 saturated carbocycles. The molecule has 2 rings (SSSR count). The number of nitrogens with zero attached hydrogens (tertiary/aromatic N) is 2. The van der Waals surface area contributed by atoms with Crippen LogP contribution >= 0.6 is 0 Å². The van der Waals surface area contributed by atoms with E-state index in [9.17, 15) is 9.59 Å². The standard InChI is InChI=1S/C15H26N2O3/c1-11(2)9-12(18)20-13-15(7-5-6-8-15)10-16(3)14(19)17(13)4/h11,13H,5-10H2,1-4H3. The molecule has 2 amide bonds. The Bertz CT molecular complexity index is 389. The van der Waals surface area contributed by atoms with Gasteiger partial charge in [-0.1, -0.05) is 26.7 Å². The third-order valence-electron chi connectivity index (χ3n) is 4.47. The third kappa shape index (κ3) is 2.76. The van der Waals surface area contributed by atoms with E-state index in [1.165, 1.54) is 0 Å². The fraction of sp³-hybridized carbons (Fsp3) is 0.867. The highest BCUT2D eigenvalue weighted by atomic mass is 16.6. The summed E-state index contributed by atoms with van der Waals surface area (Å²) in [6.07, 6.45) is 4.34. The molecular formula is C15H26N2O3. The summed E-state index contributed by atoms with van der Waals surface area (Å²) in [5, 5.41) is 0. The molecule has 1 spiro atoms. The third-order valence-corrected chi connectivity index (χ3v) is 4.47. The van der Waals surface area contributed by atoms with Crippen LogP contribution in [0.1, 0.15) is 46.0 Å². The number of esters is 1. The molecule has 0 aromatic carbocycles. The number of rotatable bonds is 3. The van der Waals surface area contributed by atoms with E-state index in [1.54, 1.807) is 16.8 Å². The van der Waals surface area contributed by atoms with Gasteiger partial charge in [0.25, 0.3) is 0 Å². The average molecular weight is 282 g/mol. The van der Waals surface area contributed by atoms with Crippen LogP contribution in [0.4, 0.5) is 4.79 Å². The van der Waals surface area contributed by atoms with Crippen LogP contribution in [0.5, 0.6) is 0 Å². The lowest BCUT2D eigenvalue weighted by Gasteiger charge is -2.49. The molecule has 0 aromatic heterocycles. The molecule has 2 aliphatic rings. The molecule has 0 radical (unpaired) electrons. The predicted molar refractivity (Wildman–Crippen MR) is 76.0 cm³/mol. The van der Waals surface area contributed by atoms with Crippen LogP contribution in [0.3, 0.4) is 0 Å². The van der Waals surface area contributed by atoms with E-state index < -0.39 is 6.23 Å². The van der Waals surface area contributed by atoms with Gasteiger partial charge in [-0.15, -0.1) is 0 Å². The summed E-state index contributed by atoms with van der Waals surface area (Å²) in [6.45, 7) is 4.68. The molecule has 1 heterocycles. The first-order chi connectivity index (χ1) is 9.35. The van der Waals surface area contributed by atoms with Crippen molar-refractivity contribution < 1.29 is 14.3 Å². The van der Waals surface area contributed by atoms with Gasteiger partial charge in [0.1, 0.15) is 0 Å². The van der Waals surface area contributed by atoms with Gasteiger partial charge in [-0.2, -0.15) is 0 Å². The van der Waals surface area contributed by atoms with Gasteiger partial charge in [0.2, 0.25) is 0 Å². The molecule has 2 fully saturated rings. The molecule has 5 heteroatoms. The molecule has 0 N–H and O–H groups in total. The van der Waals surface area contributed by atoms with Crippen molar-refractivity contribution in [2.75, 3.05) is 20.6 Å². The van der Waals surface area contributed by atoms with Crippen molar-refractivity contribution in [2.45, 2.75) is 52.2 Å². The van der Waals surface area contributed by atoms with E-state index in [0.29, 0.717) is 13.0 Å². The van der Waals surface area contributed by atoms with Crippen molar-refractivity contribution in [3.05, 3.63) is 0 Å². The lowest BCUT2D eigenvalue weighted by Crippen LogP contribution is -2.62. The Morgan fingerprint density at radius 1 is 1.35 bits per heavy atom. The Labute approximate surface area is 121 Å². The van der Waals surface area contributed by atoms with Gasteiger partial charge in [-0.05, 0) is 18.8 Å². The van der Waals surface area contributed by atoms with Crippen LogP contribution in [0.15, 0.2) is 0 Å². The van der Waals surface area contributed by atoms with Crippen molar-refractivity contribution in [3.8, 4) is 0 Å². The number of amides is 2. The molecule has 1 aliphatic carbocycles. The summed E-state index contributed by atoms with van der Waals surface area (Å²) < 4.78 is 5.71. The predicted octanol–water partition coefficient (Wildman–Crippen LogP) is 2.46. The van der Waals surface area contributed by atoms with E-state index in [4.69, 9.17) is 4.74 Å². The summed E-state index contributed by atoms with van der Waals surface area (Å²) in [4.78, 5) is 27.5. The summed E-state index contributed by atoms with van der Waals surface area (Å²) in [6, 6.07) is -0.0649.